The molecule has 94 valence electrons. The summed E-state index contributed by atoms with van der Waals surface area (Å²) >= 11 is 0. The first-order valence-electron chi connectivity index (χ1n) is 6.91. The van der Waals surface area contributed by atoms with Crippen molar-refractivity contribution in [2.24, 2.45) is 11.7 Å². The molecule has 0 spiro atoms. The van der Waals surface area contributed by atoms with Crippen molar-refractivity contribution in [1.29, 1.82) is 0 Å². The highest BCUT2D eigenvalue weighted by Crippen LogP contribution is 2.37. The zero-order valence-electron chi connectivity index (χ0n) is 11.0. The molecule has 1 aromatic heterocycles. The van der Waals surface area contributed by atoms with Gasteiger partial charge in [-0.05, 0) is 44.9 Å². The standard InChI is InChI=1S/C14H23N3/c1-10-3-4-13-16-11(2)12(17(13)9-10)5-6-14(15)7-8-14/h10H,3-9,15H2,1-2H3. The Kier molecular flexibility index (Phi) is 2.54. The molecule has 1 aliphatic carbocycles. The lowest BCUT2D eigenvalue weighted by molar-refractivity contribution is 0.384. The van der Waals surface area contributed by atoms with Crippen LogP contribution in [0.3, 0.4) is 0 Å². The van der Waals surface area contributed by atoms with Crippen molar-refractivity contribution in [1.82, 2.24) is 9.55 Å². The quantitative estimate of drug-likeness (QED) is 0.869. The van der Waals surface area contributed by atoms with Gasteiger partial charge in [0, 0.05) is 24.2 Å². The molecule has 1 fully saturated rings. The summed E-state index contributed by atoms with van der Waals surface area (Å²) in [6.07, 6.45) is 7.11. The highest BCUT2D eigenvalue weighted by atomic mass is 15.1. The smallest absolute Gasteiger partial charge is 0.109 e. The average molecular weight is 233 g/mol. The molecule has 0 saturated heterocycles. The molecule has 3 heteroatoms. The Morgan fingerprint density at radius 3 is 2.94 bits per heavy atom. The van der Waals surface area contributed by atoms with Crippen molar-refractivity contribution in [2.45, 2.75) is 64.5 Å². The molecule has 0 aromatic carbocycles. The van der Waals surface area contributed by atoms with E-state index in [1.807, 2.05) is 0 Å². The molecule has 0 amide bonds. The van der Waals surface area contributed by atoms with Crippen LogP contribution in [0.2, 0.25) is 0 Å². The van der Waals surface area contributed by atoms with E-state index in [1.165, 1.54) is 36.5 Å². The van der Waals surface area contributed by atoms with Gasteiger partial charge in [-0.1, -0.05) is 6.92 Å². The van der Waals surface area contributed by atoms with E-state index in [1.54, 1.807) is 0 Å². The fourth-order valence-electron chi connectivity index (χ4n) is 2.95. The molecule has 1 saturated carbocycles. The van der Waals surface area contributed by atoms with E-state index in [2.05, 4.69) is 18.4 Å². The van der Waals surface area contributed by atoms with E-state index in [4.69, 9.17) is 10.7 Å². The minimum atomic E-state index is 0.164. The van der Waals surface area contributed by atoms with Gasteiger partial charge in [-0.15, -0.1) is 0 Å². The molecule has 3 rings (SSSR count). The molecule has 2 aliphatic rings. The second-order valence-corrected chi connectivity index (χ2v) is 6.18. The number of hydrogen-bond acceptors (Lipinski definition) is 2. The summed E-state index contributed by atoms with van der Waals surface area (Å²) in [6.45, 7) is 5.65. The molecule has 1 unspecified atom stereocenters. The molecule has 2 N–H and O–H groups in total. The van der Waals surface area contributed by atoms with E-state index in [0.29, 0.717) is 0 Å². The predicted octanol–water partition coefficient (Wildman–Crippen LogP) is 2.20. The van der Waals surface area contributed by atoms with Crippen molar-refractivity contribution in [2.75, 3.05) is 0 Å². The molecule has 1 atom stereocenters. The van der Waals surface area contributed by atoms with Crippen LogP contribution in [0.1, 0.15) is 49.8 Å². The van der Waals surface area contributed by atoms with Gasteiger partial charge in [-0.3, -0.25) is 0 Å². The number of aromatic nitrogens is 2. The van der Waals surface area contributed by atoms with Gasteiger partial charge in [0.2, 0.25) is 0 Å². The third kappa shape index (κ3) is 2.13. The normalized spacial score (nSPS) is 25.7. The summed E-state index contributed by atoms with van der Waals surface area (Å²) in [4.78, 5) is 4.73. The lowest BCUT2D eigenvalue weighted by Crippen LogP contribution is -2.24. The van der Waals surface area contributed by atoms with Gasteiger partial charge in [0.1, 0.15) is 5.82 Å². The van der Waals surface area contributed by atoms with Crippen molar-refractivity contribution >= 4 is 0 Å². The van der Waals surface area contributed by atoms with Crippen molar-refractivity contribution < 1.29 is 0 Å². The molecule has 0 radical (unpaired) electrons. The van der Waals surface area contributed by atoms with Gasteiger partial charge in [0.15, 0.2) is 0 Å². The first-order valence-corrected chi connectivity index (χ1v) is 6.91. The Morgan fingerprint density at radius 2 is 2.24 bits per heavy atom. The van der Waals surface area contributed by atoms with E-state index in [9.17, 15) is 0 Å². The minimum Gasteiger partial charge on any atom is -0.332 e. The molecule has 3 nitrogen and oxygen atoms in total. The van der Waals surface area contributed by atoms with Crippen LogP contribution in [0.15, 0.2) is 0 Å². The van der Waals surface area contributed by atoms with Gasteiger partial charge in [-0.2, -0.15) is 0 Å². The van der Waals surface area contributed by atoms with Crippen LogP contribution < -0.4 is 5.73 Å². The first-order chi connectivity index (χ1) is 8.07. The van der Waals surface area contributed by atoms with Crippen LogP contribution in [-0.2, 0) is 19.4 Å². The lowest BCUT2D eigenvalue weighted by atomic mass is 10.0. The Hall–Kier alpha value is -0.830. The van der Waals surface area contributed by atoms with Gasteiger partial charge in [0.05, 0.1) is 5.69 Å². The number of nitrogens with two attached hydrogens (primary N) is 1. The molecular weight excluding hydrogens is 210 g/mol. The van der Waals surface area contributed by atoms with Gasteiger partial charge in [-0.25, -0.2) is 4.98 Å². The van der Waals surface area contributed by atoms with Crippen molar-refractivity contribution in [3.8, 4) is 0 Å². The van der Waals surface area contributed by atoms with Crippen LogP contribution in [0.5, 0.6) is 0 Å². The predicted molar refractivity (Wildman–Crippen MR) is 68.9 cm³/mol. The Labute approximate surface area is 103 Å². The van der Waals surface area contributed by atoms with E-state index < -0.39 is 0 Å². The van der Waals surface area contributed by atoms with Crippen LogP contribution in [0.25, 0.3) is 0 Å². The highest BCUT2D eigenvalue weighted by molar-refractivity contribution is 5.19. The maximum atomic E-state index is 6.19. The zero-order valence-corrected chi connectivity index (χ0v) is 11.0. The minimum absolute atomic E-state index is 0.164. The second-order valence-electron chi connectivity index (χ2n) is 6.18. The fourth-order valence-corrected chi connectivity index (χ4v) is 2.95. The Morgan fingerprint density at radius 1 is 1.47 bits per heavy atom. The SMILES string of the molecule is Cc1nc2n(c1CCC1(N)CC1)CC(C)CC2. The molecule has 1 aliphatic heterocycles. The van der Waals surface area contributed by atoms with Crippen LogP contribution in [-0.4, -0.2) is 15.1 Å². The number of hydrogen-bond donors (Lipinski definition) is 1. The maximum absolute atomic E-state index is 6.19. The number of nitrogens with zero attached hydrogens (tertiary/aromatic N) is 2. The topological polar surface area (TPSA) is 43.8 Å². The molecule has 17 heavy (non-hydrogen) atoms. The van der Waals surface area contributed by atoms with Crippen LogP contribution >= 0.6 is 0 Å². The molecular formula is C14H23N3. The van der Waals surface area contributed by atoms with E-state index in [0.717, 1.165) is 31.7 Å². The van der Waals surface area contributed by atoms with Crippen molar-refractivity contribution in [3.63, 3.8) is 0 Å². The maximum Gasteiger partial charge on any atom is 0.109 e. The van der Waals surface area contributed by atoms with E-state index in [-0.39, 0.29) is 5.54 Å². The van der Waals surface area contributed by atoms with Crippen molar-refractivity contribution in [3.05, 3.63) is 17.2 Å². The second kappa shape index (κ2) is 3.84. The van der Waals surface area contributed by atoms with Gasteiger partial charge < -0.3 is 10.3 Å². The third-order valence-corrected chi connectivity index (χ3v) is 4.46. The summed E-state index contributed by atoms with van der Waals surface area (Å²) in [5, 5.41) is 0. The monoisotopic (exact) mass is 233 g/mol. The number of aryl methyl sites for hydroxylation is 2. The fraction of sp³-hybridized carbons (Fsp3) is 0.786. The largest absolute Gasteiger partial charge is 0.332 e. The van der Waals surface area contributed by atoms with Gasteiger partial charge in [0.25, 0.3) is 0 Å². The molecule has 0 bridgehead atoms. The van der Waals surface area contributed by atoms with Crippen LogP contribution in [0.4, 0.5) is 0 Å². The summed E-state index contributed by atoms with van der Waals surface area (Å²) < 4.78 is 2.47. The summed E-state index contributed by atoms with van der Waals surface area (Å²) in [7, 11) is 0. The lowest BCUT2D eigenvalue weighted by Gasteiger charge is -2.22. The Bertz CT molecular complexity index is 429. The zero-order chi connectivity index (χ0) is 12.0. The number of fused-ring (bicyclic) bond motifs is 1. The summed E-state index contributed by atoms with van der Waals surface area (Å²) in [5.41, 5.74) is 9.03. The molecule has 2 heterocycles. The number of rotatable bonds is 3. The Balaban J connectivity index is 1.80. The summed E-state index contributed by atoms with van der Waals surface area (Å²) in [6, 6.07) is 0. The molecule has 1 aromatic rings. The van der Waals surface area contributed by atoms with Crippen LogP contribution in [0, 0.1) is 12.8 Å². The summed E-state index contributed by atoms with van der Waals surface area (Å²) in [5.74, 6) is 2.10. The first kappa shape index (κ1) is 11.3. The van der Waals surface area contributed by atoms with Gasteiger partial charge >= 0.3 is 0 Å². The number of imidazole rings is 1. The average Bonchev–Trinajstić information content (AvgIpc) is 2.92. The van der Waals surface area contributed by atoms with E-state index >= 15 is 0 Å². The third-order valence-electron chi connectivity index (χ3n) is 4.46. The highest BCUT2D eigenvalue weighted by Gasteiger charge is 2.38.